The zero-order valence-corrected chi connectivity index (χ0v) is 7.80. The van der Waals surface area contributed by atoms with Gasteiger partial charge in [0.25, 0.3) is 0 Å². The number of nitrogens with zero attached hydrogens (tertiary/aromatic N) is 1. The molecular weight excluding hydrogens is 188 g/mol. The van der Waals surface area contributed by atoms with Crippen LogP contribution in [0.3, 0.4) is 0 Å². The van der Waals surface area contributed by atoms with Crippen molar-refractivity contribution in [2.24, 2.45) is 0 Å². The molecule has 1 saturated carbocycles. The third kappa shape index (κ3) is 2.26. The Morgan fingerprint density at radius 1 is 1.77 bits per heavy atom. The minimum absolute atomic E-state index is 0.151. The molecule has 2 N–H and O–H groups in total. The lowest BCUT2D eigenvalue weighted by Gasteiger charge is -1.96. The average molecular weight is 198 g/mol. The van der Waals surface area contributed by atoms with Gasteiger partial charge in [-0.1, -0.05) is 0 Å². The molecule has 1 aromatic rings. The van der Waals surface area contributed by atoms with E-state index < -0.39 is 5.97 Å². The molecule has 0 aliphatic heterocycles. The van der Waals surface area contributed by atoms with E-state index in [1.165, 1.54) is 24.2 Å². The van der Waals surface area contributed by atoms with Crippen LogP contribution in [-0.4, -0.2) is 22.1 Å². The van der Waals surface area contributed by atoms with Crippen LogP contribution in [0.1, 0.15) is 28.3 Å². The normalized spacial score (nSPS) is 16.0. The smallest absolute Gasteiger partial charge is 0.355 e. The molecule has 1 aliphatic carbocycles. The van der Waals surface area contributed by atoms with E-state index in [4.69, 9.17) is 5.11 Å². The number of carboxylic acid groups (broad SMARTS) is 1. The van der Waals surface area contributed by atoms with Crippen molar-refractivity contribution in [3.63, 3.8) is 0 Å². The monoisotopic (exact) mass is 198 g/mol. The van der Waals surface area contributed by atoms with Gasteiger partial charge in [0, 0.05) is 18.0 Å². The van der Waals surface area contributed by atoms with Crippen LogP contribution in [0.15, 0.2) is 5.38 Å². The molecule has 0 spiro atoms. The summed E-state index contributed by atoms with van der Waals surface area (Å²) >= 11 is 1.39. The van der Waals surface area contributed by atoms with Gasteiger partial charge in [-0.3, -0.25) is 0 Å². The summed E-state index contributed by atoms with van der Waals surface area (Å²) in [6, 6.07) is 0.636. The fourth-order valence-electron chi connectivity index (χ4n) is 1.01. The molecule has 0 bridgehead atoms. The molecule has 4 nitrogen and oxygen atoms in total. The molecule has 1 aromatic heterocycles. The van der Waals surface area contributed by atoms with E-state index >= 15 is 0 Å². The summed E-state index contributed by atoms with van der Waals surface area (Å²) in [5, 5.41) is 14.3. The summed E-state index contributed by atoms with van der Waals surface area (Å²) in [5.74, 6) is -0.950. The molecule has 13 heavy (non-hydrogen) atoms. The van der Waals surface area contributed by atoms with Crippen LogP contribution in [0.5, 0.6) is 0 Å². The van der Waals surface area contributed by atoms with Gasteiger partial charge in [0.15, 0.2) is 5.69 Å². The number of aromatic carboxylic acids is 1. The molecule has 0 aromatic carbocycles. The fourth-order valence-corrected chi connectivity index (χ4v) is 1.73. The van der Waals surface area contributed by atoms with E-state index in [1.54, 1.807) is 5.38 Å². The topological polar surface area (TPSA) is 62.2 Å². The van der Waals surface area contributed by atoms with Crippen LogP contribution in [-0.2, 0) is 6.54 Å². The zero-order valence-electron chi connectivity index (χ0n) is 6.99. The van der Waals surface area contributed by atoms with Crippen molar-refractivity contribution in [2.75, 3.05) is 0 Å². The van der Waals surface area contributed by atoms with Crippen molar-refractivity contribution in [2.45, 2.75) is 25.4 Å². The highest BCUT2D eigenvalue weighted by Gasteiger charge is 2.20. The van der Waals surface area contributed by atoms with Gasteiger partial charge >= 0.3 is 5.97 Å². The number of hydrogen-bond acceptors (Lipinski definition) is 4. The Hall–Kier alpha value is -0.940. The largest absolute Gasteiger partial charge is 0.476 e. The van der Waals surface area contributed by atoms with Gasteiger partial charge in [0.05, 0.1) is 0 Å². The molecule has 1 aliphatic rings. The van der Waals surface area contributed by atoms with Crippen LogP contribution >= 0.6 is 11.3 Å². The second-order valence-corrected chi connectivity index (χ2v) is 4.03. The number of carboxylic acids is 1. The predicted octanol–water partition coefficient (Wildman–Crippen LogP) is 1.09. The third-order valence-corrected chi connectivity index (χ3v) is 2.74. The molecule has 2 rings (SSSR count). The van der Waals surface area contributed by atoms with Crippen molar-refractivity contribution in [1.82, 2.24) is 10.3 Å². The quantitative estimate of drug-likeness (QED) is 0.760. The Morgan fingerprint density at radius 2 is 2.54 bits per heavy atom. The van der Waals surface area contributed by atoms with E-state index in [1.807, 2.05) is 0 Å². The Labute approximate surface area is 79.6 Å². The molecule has 5 heteroatoms. The summed E-state index contributed by atoms with van der Waals surface area (Å²) in [6.07, 6.45) is 2.47. The molecular formula is C8H10N2O2S. The predicted molar refractivity (Wildman–Crippen MR) is 48.9 cm³/mol. The Morgan fingerprint density at radius 3 is 3.08 bits per heavy atom. The summed E-state index contributed by atoms with van der Waals surface area (Å²) in [6.45, 7) is 0.697. The van der Waals surface area contributed by atoms with Crippen molar-refractivity contribution < 1.29 is 9.90 Å². The Bertz CT molecular complexity index is 320. The summed E-state index contributed by atoms with van der Waals surface area (Å²) in [4.78, 5) is 14.5. The minimum atomic E-state index is -0.950. The molecule has 0 unspecified atom stereocenters. The van der Waals surface area contributed by atoms with Crippen LogP contribution in [0.25, 0.3) is 0 Å². The number of aromatic nitrogens is 1. The minimum Gasteiger partial charge on any atom is -0.476 e. The van der Waals surface area contributed by atoms with Crippen LogP contribution in [0.4, 0.5) is 0 Å². The van der Waals surface area contributed by atoms with Crippen molar-refractivity contribution in [3.8, 4) is 0 Å². The lowest BCUT2D eigenvalue weighted by atomic mass is 10.5. The maximum Gasteiger partial charge on any atom is 0.355 e. The van der Waals surface area contributed by atoms with Gasteiger partial charge in [-0.15, -0.1) is 11.3 Å². The highest BCUT2D eigenvalue weighted by molar-refractivity contribution is 7.09. The zero-order chi connectivity index (χ0) is 9.26. The van der Waals surface area contributed by atoms with Crippen LogP contribution in [0.2, 0.25) is 0 Å². The van der Waals surface area contributed by atoms with Gasteiger partial charge in [0.1, 0.15) is 5.01 Å². The molecule has 0 atom stereocenters. The average Bonchev–Trinajstić information content (AvgIpc) is 2.79. The first kappa shape index (κ1) is 8.65. The first-order chi connectivity index (χ1) is 6.25. The van der Waals surface area contributed by atoms with Crippen LogP contribution in [0, 0.1) is 0 Å². The lowest BCUT2D eigenvalue weighted by molar-refractivity contribution is 0.0691. The third-order valence-electron chi connectivity index (χ3n) is 1.89. The number of carbonyl (C=O) groups is 1. The molecule has 0 amide bonds. The highest BCUT2D eigenvalue weighted by Crippen LogP contribution is 2.19. The standard InChI is InChI=1S/C8H10N2O2S/c11-8(12)6-4-13-7(10-6)3-9-5-1-2-5/h4-5,9H,1-3H2,(H,11,12). The number of hydrogen-bond donors (Lipinski definition) is 2. The molecule has 0 radical (unpaired) electrons. The van der Waals surface area contributed by atoms with Crippen molar-refractivity contribution in [1.29, 1.82) is 0 Å². The lowest BCUT2D eigenvalue weighted by Crippen LogP contribution is -2.15. The maximum atomic E-state index is 10.5. The van der Waals surface area contributed by atoms with Gasteiger partial charge in [-0.05, 0) is 12.8 Å². The molecule has 1 fully saturated rings. The molecule has 1 heterocycles. The van der Waals surface area contributed by atoms with Gasteiger partial charge in [-0.25, -0.2) is 9.78 Å². The molecule has 70 valence electrons. The second-order valence-electron chi connectivity index (χ2n) is 3.09. The van der Waals surface area contributed by atoms with Gasteiger partial charge in [0.2, 0.25) is 0 Å². The second kappa shape index (κ2) is 3.43. The highest BCUT2D eigenvalue weighted by atomic mass is 32.1. The van der Waals surface area contributed by atoms with E-state index in [0.717, 1.165) is 5.01 Å². The first-order valence-electron chi connectivity index (χ1n) is 4.17. The summed E-state index contributed by atoms with van der Waals surface area (Å²) in [5.41, 5.74) is 0.151. The number of thiazole rings is 1. The molecule has 0 saturated heterocycles. The van der Waals surface area contributed by atoms with Gasteiger partial charge < -0.3 is 10.4 Å². The first-order valence-corrected chi connectivity index (χ1v) is 5.05. The van der Waals surface area contributed by atoms with E-state index in [9.17, 15) is 4.79 Å². The fraction of sp³-hybridized carbons (Fsp3) is 0.500. The Kier molecular flexibility index (Phi) is 2.28. The number of rotatable bonds is 4. The Balaban J connectivity index is 1.92. The summed E-state index contributed by atoms with van der Waals surface area (Å²) < 4.78 is 0. The SMILES string of the molecule is O=C(O)c1csc(CNC2CC2)n1. The van der Waals surface area contributed by atoms with Crippen LogP contribution < -0.4 is 5.32 Å². The maximum absolute atomic E-state index is 10.5. The summed E-state index contributed by atoms with van der Waals surface area (Å²) in [7, 11) is 0. The van der Waals surface area contributed by atoms with Crippen molar-refractivity contribution >= 4 is 17.3 Å². The van der Waals surface area contributed by atoms with Gasteiger partial charge in [-0.2, -0.15) is 0 Å². The van der Waals surface area contributed by atoms with E-state index in [-0.39, 0.29) is 5.69 Å². The number of nitrogens with one attached hydrogen (secondary N) is 1. The van der Waals surface area contributed by atoms with E-state index in [0.29, 0.717) is 12.6 Å². The van der Waals surface area contributed by atoms with Crippen molar-refractivity contribution in [3.05, 3.63) is 16.1 Å². The van der Waals surface area contributed by atoms with E-state index in [2.05, 4.69) is 10.3 Å².